The fourth-order valence-corrected chi connectivity index (χ4v) is 2.50. The van der Waals surface area contributed by atoms with Crippen molar-refractivity contribution in [2.75, 3.05) is 21.3 Å². The number of methoxy groups -OCH3 is 3. The summed E-state index contributed by atoms with van der Waals surface area (Å²) in [6, 6.07) is 3.28. The van der Waals surface area contributed by atoms with Crippen LogP contribution in [-0.2, 0) is 16.1 Å². The van der Waals surface area contributed by atoms with E-state index in [4.69, 9.17) is 25.8 Å². The number of nitrogens with one attached hydrogen (secondary N) is 1. The molecule has 124 valence electrons. The van der Waals surface area contributed by atoms with E-state index in [0.717, 1.165) is 5.56 Å². The van der Waals surface area contributed by atoms with E-state index >= 15 is 0 Å². The molecule has 0 aromatic heterocycles. The number of carbonyl (C=O) groups is 1. The third kappa shape index (κ3) is 5.07. The van der Waals surface area contributed by atoms with Gasteiger partial charge in [0.15, 0.2) is 11.5 Å². The largest absolute Gasteiger partial charge is 0.493 e. The van der Waals surface area contributed by atoms with Crippen molar-refractivity contribution in [1.29, 1.82) is 0 Å². The zero-order valence-electron chi connectivity index (χ0n) is 13.7. The number of hydrogen-bond donors (Lipinski definition) is 1. The molecule has 0 amide bonds. The number of halogens is 1. The lowest BCUT2D eigenvalue weighted by Crippen LogP contribution is -2.38. The van der Waals surface area contributed by atoms with Gasteiger partial charge in [0.1, 0.15) is 6.04 Å². The Labute approximate surface area is 136 Å². The average molecular weight is 330 g/mol. The lowest BCUT2D eigenvalue weighted by Gasteiger charge is -2.19. The number of ether oxygens (including phenoxy) is 3. The third-order valence-electron chi connectivity index (χ3n) is 3.24. The zero-order chi connectivity index (χ0) is 16.7. The summed E-state index contributed by atoms with van der Waals surface area (Å²) in [4.78, 5) is 11.8. The first-order chi connectivity index (χ1) is 10.4. The molecule has 0 bridgehead atoms. The normalized spacial score (nSPS) is 12.1. The van der Waals surface area contributed by atoms with E-state index < -0.39 is 0 Å². The first kappa shape index (κ1) is 18.6. The predicted octanol–water partition coefficient (Wildman–Crippen LogP) is 3.03. The van der Waals surface area contributed by atoms with Crippen molar-refractivity contribution in [3.63, 3.8) is 0 Å². The van der Waals surface area contributed by atoms with Crippen LogP contribution in [0.25, 0.3) is 0 Å². The van der Waals surface area contributed by atoms with E-state index in [0.29, 0.717) is 35.4 Å². The van der Waals surface area contributed by atoms with Gasteiger partial charge in [0, 0.05) is 6.54 Å². The summed E-state index contributed by atoms with van der Waals surface area (Å²) in [6.07, 6.45) is 0.702. The molecule has 22 heavy (non-hydrogen) atoms. The quantitative estimate of drug-likeness (QED) is 0.743. The van der Waals surface area contributed by atoms with Crippen LogP contribution in [0.5, 0.6) is 11.5 Å². The van der Waals surface area contributed by atoms with E-state index in [1.54, 1.807) is 13.2 Å². The molecule has 1 rings (SSSR count). The highest BCUT2D eigenvalue weighted by atomic mass is 35.5. The molecule has 1 aromatic rings. The molecule has 0 aliphatic heterocycles. The van der Waals surface area contributed by atoms with Crippen molar-refractivity contribution in [2.45, 2.75) is 32.9 Å². The maximum Gasteiger partial charge on any atom is 0.322 e. The Morgan fingerprint density at radius 2 is 1.91 bits per heavy atom. The molecular weight excluding hydrogens is 306 g/mol. The summed E-state index contributed by atoms with van der Waals surface area (Å²) in [5.41, 5.74) is 0.903. The Bertz CT molecular complexity index is 505. The lowest BCUT2D eigenvalue weighted by molar-refractivity contribution is -0.143. The van der Waals surface area contributed by atoms with Crippen molar-refractivity contribution in [3.8, 4) is 11.5 Å². The molecule has 0 aliphatic carbocycles. The van der Waals surface area contributed by atoms with Crippen LogP contribution in [0.4, 0.5) is 0 Å². The van der Waals surface area contributed by atoms with Crippen LogP contribution in [0.1, 0.15) is 25.8 Å². The highest BCUT2D eigenvalue weighted by molar-refractivity contribution is 6.32. The number of hydrogen-bond acceptors (Lipinski definition) is 5. The van der Waals surface area contributed by atoms with E-state index in [1.807, 2.05) is 6.07 Å². The van der Waals surface area contributed by atoms with Gasteiger partial charge in [-0.15, -0.1) is 0 Å². The summed E-state index contributed by atoms with van der Waals surface area (Å²) in [5, 5.41) is 3.67. The van der Waals surface area contributed by atoms with Gasteiger partial charge in [-0.3, -0.25) is 4.79 Å². The van der Waals surface area contributed by atoms with E-state index in [2.05, 4.69) is 19.2 Å². The van der Waals surface area contributed by atoms with Crippen LogP contribution in [0.15, 0.2) is 12.1 Å². The van der Waals surface area contributed by atoms with Gasteiger partial charge in [-0.05, 0) is 30.0 Å². The minimum Gasteiger partial charge on any atom is -0.493 e. The molecule has 1 atom stereocenters. The van der Waals surface area contributed by atoms with Gasteiger partial charge < -0.3 is 19.5 Å². The molecule has 1 N–H and O–H groups in total. The third-order valence-corrected chi connectivity index (χ3v) is 3.52. The summed E-state index contributed by atoms with van der Waals surface area (Å²) in [6.45, 7) is 4.60. The molecule has 0 radical (unpaired) electrons. The van der Waals surface area contributed by atoms with Crippen LogP contribution in [-0.4, -0.2) is 33.3 Å². The van der Waals surface area contributed by atoms with Crippen LogP contribution in [0.2, 0.25) is 5.02 Å². The van der Waals surface area contributed by atoms with Gasteiger partial charge in [-0.1, -0.05) is 25.4 Å². The van der Waals surface area contributed by atoms with E-state index in [-0.39, 0.29) is 12.0 Å². The maximum absolute atomic E-state index is 11.8. The molecule has 5 nitrogen and oxygen atoms in total. The summed E-state index contributed by atoms with van der Waals surface area (Å²) in [7, 11) is 4.49. The Morgan fingerprint density at radius 3 is 2.41 bits per heavy atom. The fourth-order valence-electron chi connectivity index (χ4n) is 2.19. The predicted molar refractivity (Wildman–Crippen MR) is 86.7 cm³/mol. The molecule has 0 spiro atoms. The molecule has 1 aromatic carbocycles. The topological polar surface area (TPSA) is 56.8 Å². The maximum atomic E-state index is 11.8. The molecule has 1 unspecified atom stereocenters. The molecular formula is C16H24ClNO4. The van der Waals surface area contributed by atoms with Crippen molar-refractivity contribution in [2.24, 2.45) is 5.92 Å². The smallest absolute Gasteiger partial charge is 0.322 e. The highest BCUT2D eigenvalue weighted by Gasteiger charge is 2.20. The van der Waals surface area contributed by atoms with Crippen LogP contribution >= 0.6 is 11.6 Å². The van der Waals surface area contributed by atoms with E-state index in [9.17, 15) is 4.79 Å². The van der Waals surface area contributed by atoms with Crippen LogP contribution in [0.3, 0.4) is 0 Å². The Hall–Kier alpha value is -1.46. The van der Waals surface area contributed by atoms with Crippen molar-refractivity contribution < 1.29 is 19.0 Å². The molecule has 0 heterocycles. The van der Waals surface area contributed by atoms with E-state index in [1.165, 1.54) is 14.2 Å². The minimum atomic E-state index is -0.350. The van der Waals surface area contributed by atoms with Gasteiger partial charge >= 0.3 is 5.97 Å². The monoisotopic (exact) mass is 329 g/mol. The van der Waals surface area contributed by atoms with Gasteiger partial charge in [0.2, 0.25) is 0 Å². The zero-order valence-corrected chi connectivity index (χ0v) is 14.5. The first-order valence-electron chi connectivity index (χ1n) is 7.14. The second kappa shape index (κ2) is 8.86. The Morgan fingerprint density at radius 1 is 1.23 bits per heavy atom. The van der Waals surface area contributed by atoms with Gasteiger partial charge in [-0.2, -0.15) is 0 Å². The Balaban J connectivity index is 2.85. The van der Waals surface area contributed by atoms with Gasteiger partial charge in [0.05, 0.1) is 26.4 Å². The molecule has 0 aliphatic rings. The summed E-state index contributed by atoms with van der Waals surface area (Å²) >= 11 is 6.18. The number of carbonyl (C=O) groups excluding carboxylic acids is 1. The highest BCUT2D eigenvalue weighted by Crippen LogP contribution is 2.36. The van der Waals surface area contributed by atoms with Gasteiger partial charge in [0.25, 0.3) is 0 Å². The summed E-state index contributed by atoms with van der Waals surface area (Å²) < 4.78 is 15.3. The second-order valence-electron chi connectivity index (χ2n) is 5.40. The van der Waals surface area contributed by atoms with Crippen LogP contribution < -0.4 is 14.8 Å². The molecule has 6 heteroatoms. The van der Waals surface area contributed by atoms with Gasteiger partial charge in [-0.25, -0.2) is 0 Å². The first-order valence-corrected chi connectivity index (χ1v) is 7.52. The second-order valence-corrected chi connectivity index (χ2v) is 5.81. The Kier molecular flexibility index (Phi) is 7.48. The standard InChI is InChI=1S/C16H24ClNO4/c1-10(2)6-13(16(19)22-5)18-9-11-7-12(17)15(21-4)14(8-11)20-3/h7-8,10,13,18H,6,9H2,1-5H3. The summed E-state index contributed by atoms with van der Waals surface area (Å²) in [5.74, 6) is 1.18. The molecule has 0 saturated heterocycles. The minimum absolute atomic E-state index is 0.264. The van der Waals surface area contributed by atoms with Crippen molar-refractivity contribution in [3.05, 3.63) is 22.7 Å². The van der Waals surface area contributed by atoms with Crippen molar-refractivity contribution >= 4 is 17.6 Å². The SMILES string of the molecule is COC(=O)C(CC(C)C)NCc1cc(Cl)c(OC)c(OC)c1. The number of esters is 1. The lowest BCUT2D eigenvalue weighted by atomic mass is 10.0. The molecule has 0 saturated carbocycles. The number of benzene rings is 1. The molecule has 0 fully saturated rings. The van der Waals surface area contributed by atoms with Crippen molar-refractivity contribution in [1.82, 2.24) is 5.32 Å². The van der Waals surface area contributed by atoms with Crippen LogP contribution in [0, 0.1) is 5.92 Å². The number of rotatable bonds is 8. The average Bonchev–Trinajstić information content (AvgIpc) is 2.49. The fraction of sp³-hybridized carbons (Fsp3) is 0.562.